The van der Waals surface area contributed by atoms with E-state index in [4.69, 9.17) is 4.74 Å². The standard InChI is InChI=1S/C22H24N6O2/c1-30-17-8-5-16(6-9-17)7-10-20(29)28-15-2-4-19(28)18-11-14-25-22(26-18)27-21-23-12-3-13-24-21/h3,5-6,8-9,11-14,19H,2,4,7,10,15H2,1H3,(H,23,24,25,26,27). The topological polar surface area (TPSA) is 93.1 Å². The van der Waals surface area contributed by atoms with Gasteiger partial charge in [-0.3, -0.25) is 10.1 Å². The van der Waals surface area contributed by atoms with Crippen LogP contribution in [0.5, 0.6) is 5.75 Å². The van der Waals surface area contributed by atoms with Crippen LogP contribution in [-0.4, -0.2) is 44.4 Å². The molecule has 1 N–H and O–H groups in total. The van der Waals surface area contributed by atoms with Crippen LogP contribution in [0.2, 0.25) is 0 Å². The van der Waals surface area contributed by atoms with Gasteiger partial charge in [0.25, 0.3) is 0 Å². The summed E-state index contributed by atoms with van der Waals surface area (Å²) in [6, 6.07) is 11.4. The molecule has 4 rings (SSSR count). The number of methoxy groups -OCH3 is 1. The van der Waals surface area contributed by atoms with Crippen LogP contribution in [0.3, 0.4) is 0 Å². The third-order valence-corrected chi connectivity index (χ3v) is 5.17. The van der Waals surface area contributed by atoms with Crippen LogP contribution < -0.4 is 10.1 Å². The van der Waals surface area contributed by atoms with Crippen molar-refractivity contribution in [2.75, 3.05) is 19.0 Å². The Balaban J connectivity index is 1.41. The van der Waals surface area contributed by atoms with Crippen molar-refractivity contribution >= 4 is 17.8 Å². The van der Waals surface area contributed by atoms with E-state index in [-0.39, 0.29) is 11.9 Å². The van der Waals surface area contributed by atoms with Gasteiger partial charge in [0.1, 0.15) is 5.75 Å². The molecule has 0 saturated carbocycles. The Morgan fingerprint density at radius 3 is 2.63 bits per heavy atom. The number of benzene rings is 1. The summed E-state index contributed by atoms with van der Waals surface area (Å²) in [5, 5.41) is 3.01. The van der Waals surface area contributed by atoms with Gasteiger partial charge in [0.2, 0.25) is 17.8 Å². The lowest BCUT2D eigenvalue weighted by Gasteiger charge is -2.24. The monoisotopic (exact) mass is 404 g/mol. The number of nitrogens with zero attached hydrogens (tertiary/aromatic N) is 5. The lowest BCUT2D eigenvalue weighted by molar-refractivity contribution is -0.132. The van der Waals surface area contributed by atoms with Gasteiger partial charge in [-0.2, -0.15) is 0 Å². The summed E-state index contributed by atoms with van der Waals surface area (Å²) in [7, 11) is 1.65. The summed E-state index contributed by atoms with van der Waals surface area (Å²) >= 11 is 0. The highest BCUT2D eigenvalue weighted by atomic mass is 16.5. The van der Waals surface area contributed by atoms with Gasteiger partial charge >= 0.3 is 0 Å². The molecule has 8 heteroatoms. The smallest absolute Gasteiger partial charge is 0.229 e. The number of ether oxygens (including phenoxy) is 1. The molecule has 0 spiro atoms. The van der Waals surface area contributed by atoms with Crippen LogP contribution in [0.25, 0.3) is 0 Å². The highest BCUT2D eigenvalue weighted by molar-refractivity contribution is 5.77. The third kappa shape index (κ3) is 4.71. The molecule has 1 unspecified atom stereocenters. The molecule has 2 aromatic heterocycles. The minimum absolute atomic E-state index is 0.0337. The number of carbonyl (C=O) groups excluding carboxylic acids is 1. The molecule has 1 amide bonds. The average molecular weight is 404 g/mol. The zero-order chi connectivity index (χ0) is 20.8. The van der Waals surface area contributed by atoms with E-state index in [1.807, 2.05) is 35.2 Å². The number of nitrogens with one attached hydrogen (secondary N) is 1. The second kappa shape index (κ2) is 9.30. The molecule has 0 aliphatic carbocycles. The highest BCUT2D eigenvalue weighted by Gasteiger charge is 2.30. The van der Waals surface area contributed by atoms with Crippen molar-refractivity contribution in [2.24, 2.45) is 0 Å². The molecule has 154 valence electrons. The van der Waals surface area contributed by atoms with Gasteiger partial charge in [-0.25, -0.2) is 19.9 Å². The Kier molecular flexibility index (Phi) is 6.12. The van der Waals surface area contributed by atoms with Crippen molar-refractivity contribution in [3.05, 3.63) is 66.2 Å². The molecule has 8 nitrogen and oxygen atoms in total. The number of aromatic nitrogens is 4. The third-order valence-electron chi connectivity index (χ3n) is 5.17. The normalized spacial score (nSPS) is 15.8. The fraction of sp³-hybridized carbons (Fsp3) is 0.318. The lowest BCUT2D eigenvalue weighted by Crippen LogP contribution is -2.31. The minimum Gasteiger partial charge on any atom is -0.497 e. The molecule has 1 fully saturated rings. The summed E-state index contributed by atoms with van der Waals surface area (Å²) < 4.78 is 5.19. The van der Waals surface area contributed by atoms with E-state index in [1.165, 1.54) is 0 Å². The Bertz CT molecular complexity index is 980. The van der Waals surface area contributed by atoms with Crippen molar-refractivity contribution in [3.8, 4) is 5.75 Å². The molecular formula is C22H24N6O2. The second-order valence-electron chi connectivity index (χ2n) is 7.10. The van der Waals surface area contributed by atoms with Crippen molar-refractivity contribution in [3.63, 3.8) is 0 Å². The number of hydrogen-bond donors (Lipinski definition) is 1. The first kappa shape index (κ1) is 19.8. The molecule has 0 bridgehead atoms. The van der Waals surface area contributed by atoms with Crippen LogP contribution in [0, 0.1) is 0 Å². The summed E-state index contributed by atoms with van der Waals surface area (Å²) in [6.07, 6.45) is 8.04. The van der Waals surface area contributed by atoms with Gasteiger partial charge in [-0.05, 0) is 49.1 Å². The molecule has 0 radical (unpaired) electrons. The Labute approximate surface area is 175 Å². The van der Waals surface area contributed by atoms with E-state index in [2.05, 4.69) is 25.3 Å². The predicted octanol–water partition coefficient (Wildman–Crippen LogP) is 3.32. The number of carbonyl (C=O) groups is 1. The zero-order valence-electron chi connectivity index (χ0n) is 16.9. The van der Waals surface area contributed by atoms with Crippen LogP contribution in [-0.2, 0) is 11.2 Å². The predicted molar refractivity (Wildman–Crippen MR) is 112 cm³/mol. The van der Waals surface area contributed by atoms with Crippen molar-refractivity contribution in [1.29, 1.82) is 0 Å². The van der Waals surface area contributed by atoms with Gasteiger partial charge in [0.05, 0.1) is 18.8 Å². The summed E-state index contributed by atoms with van der Waals surface area (Å²) in [4.78, 5) is 32.0. The number of aryl methyl sites for hydroxylation is 1. The van der Waals surface area contributed by atoms with Crippen LogP contribution in [0.4, 0.5) is 11.9 Å². The minimum atomic E-state index is -0.0337. The molecular weight excluding hydrogens is 380 g/mol. The quantitative estimate of drug-likeness (QED) is 0.646. The van der Waals surface area contributed by atoms with E-state index < -0.39 is 0 Å². The summed E-state index contributed by atoms with van der Waals surface area (Å²) in [6.45, 7) is 0.751. The maximum atomic E-state index is 12.9. The van der Waals surface area contributed by atoms with E-state index in [0.29, 0.717) is 24.7 Å². The number of anilines is 2. The first-order valence-electron chi connectivity index (χ1n) is 10.0. The van der Waals surface area contributed by atoms with Crippen molar-refractivity contribution < 1.29 is 9.53 Å². The number of hydrogen-bond acceptors (Lipinski definition) is 7. The molecule has 1 saturated heterocycles. The number of likely N-dealkylation sites (tertiary alicyclic amines) is 1. The van der Waals surface area contributed by atoms with E-state index in [9.17, 15) is 4.79 Å². The molecule has 1 aromatic carbocycles. The van der Waals surface area contributed by atoms with E-state index >= 15 is 0 Å². The molecule has 1 aliphatic heterocycles. The molecule has 1 atom stereocenters. The fourth-order valence-electron chi connectivity index (χ4n) is 3.64. The maximum absolute atomic E-state index is 12.9. The van der Waals surface area contributed by atoms with Gasteiger partial charge in [0.15, 0.2) is 0 Å². The van der Waals surface area contributed by atoms with Crippen LogP contribution in [0.15, 0.2) is 55.0 Å². The molecule has 3 aromatic rings. The Morgan fingerprint density at radius 2 is 1.87 bits per heavy atom. The van der Waals surface area contributed by atoms with Gasteiger partial charge < -0.3 is 9.64 Å². The summed E-state index contributed by atoms with van der Waals surface area (Å²) in [5.74, 6) is 1.83. The largest absolute Gasteiger partial charge is 0.497 e. The van der Waals surface area contributed by atoms with Gasteiger partial charge in [-0.15, -0.1) is 0 Å². The second-order valence-corrected chi connectivity index (χ2v) is 7.10. The number of rotatable bonds is 7. The SMILES string of the molecule is COc1ccc(CCC(=O)N2CCCC2c2ccnc(Nc3ncccn3)n2)cc1. The lowest BCUT2D eigenvalue weighted by atomic mass is 10.1. The fourth-order valence-corrected chi connectivity index (χ4v) is 3.64. The molecule has 1 aliphatic rings. The Hall–Kier alpha value is -3.55. The zero-order valence-corrected chi connectivity index (χ0v) is 16.9. The van der Waals surface area contributed by atoms with Gasteiger partial charge in [0, 0.05) is 31.6 Å². The van der Waals surface area contributed by atoms with Gasteiger partial charge in [-0.1, -0.05) is 12.1 Å². The number of amides is 1. The first-order chi connectivity index (χ1) is 14.7. The van der Waals surface area contributed by atoms with Crippen molar-refractivity contribution in [1.82, 2.24) is 24.8 Å². The first-order valence-corrected chi connectivity index (χ1v) is 10.0. The summed E-state index contributed by atoms with van der Waals surface area (Å²) in [5.41, 5.74) is 1.95. The molecule has 3 heterocycles. The highest BCUT2D eigenvalue weighted by Crippen LogP contribution is 2.32. The van der Waals surface area contributed by atoms with E-state index in [0.717, 1.165) is 36.4 Å². The molecule has 30 heavy (non-hydrogen) atoms. The van der Waals surface area contributed by atoms with E-state index in [1.54, 1.807) is 31.8 Å². The Morgan fingerprint density at radius 1 is 1.10 bits per heavy atom. The maximum Gasteiger partial charge on any atom is 0.229 e. The van der Waals surface area contributed by atoms with Crippen LogP contribution >= 0.6 is 0 Å². The van der Waals surface area contributed by atoms with Crippen LogP contribution in [0.1, 0.15) is 36.6 Å². The average Bonchev–Trinajstić information content (AvgIpc) is 3.29. The van der Waals surface area contributed by atoms with Crippen molar-refractivity contribution in [2.45, 2.75) is 31.7 Å².